The van der Waals surface area contributed by atoms with Crippen molar-refractivity contribution in [2.75, 3.05) is 0 Å². The number of rotatable bonds is 2. The molecule has 2 aromatic heterocycles. The molecular formula is C16H15N3O. The summed E-state index contributed by atoms with van der Waals surface area (Å²) in [5.74, 6) is 1.25. The Hall–Kier alpha value is -2.36. The Morgan fingerprint density at radius 2 is 2.10 bits per heavy atom. The second kappa shape index (κ2) is 4.07. The van der Waals surface area contributed by atoms with E-state index < -0.39 is 0 Å². The third-order valence-electron chi connectivity index (χ3n) is 3.81. The Kier molecular flexibility index (Phi) is 2.33. The highest BCUT2D eigenvalue weighted by molar-refractivity contribution is 5.78. The monoisotopic (exact) mass is 265 g/mol. The van der Waals surface area contributed by atoms with Crippen LogP contribution in [0.2, 0.25) is 0 Å². The van der Waals surface area contributed by atoms with Crippen molar-refractivity contribution in [2.45, 2.75) is 25.8 Å². The molecule has 1 saturated carbocycles. The number of imidazole rings is 1. The Balaban J connectivity index is 2.01. The first-order valence-electron chi connectivity index (χ1n) is 6.87. The highest BCUT2D eigenvalue weighted by Crippen LogP contribution is 2.41. The summed E-state index contributed by atoms with van der Waals surface area (Å²) in [6, 6.07) is 9.86. The molecule has 4 nitrogen and oxygen atoms in total. The number of aromatic hydroxyl groups is 1. The number of hydrogen-bond acceptors (Lipinski definition) is 3. The van der Waals surface area contributed by atoms with Crippen LogP contribution >= 0.6 is 0 Å². The molecule has 0 spiro atoms. The first kappa shape index (κ1) is 11.5. The van der Waals surface area contributed by atoms with Crippen LogP contribution in [0.1, 0.15) is 24.4 Å². The summed E-state index contributed by atoms with van der Waals surface area (Å²) < 4.78 is 2.24. The van der Waals surface area contributed by atoms with E-state index in [0.29, 0.717) is 11.8 Å². The number of phenolic OH excluding ortho intramolecular Hbond substituents is 1. The first-order chi connectivity index (χ1) is 9.74. The highest BCUT2D eigenvalue weighted by atomic mass is 16.3. The van der Waals surface area contributed by atoms with Gasteiger partial charge in [0.05, 0.1) is 0 Å². The van der Waals surface area contributed by atoms with Crippen molar-refractivity contribution in [3.8, 4) is 17.1 Å². The molecule has 1 aromatic carbocycles. The predicted octanol–water partition coefficient (Wildman–Crippen LogP) is 3.45. The number of pyridine rings is 1. The molecule has 100 valence electrons. The van der Waals surface area contributed by atoms with Crippen LogP contribution in [0.15, 0.2) is 36.5 Å². The zero-order chi connectivity index (χ0) is 13.7. The zero-order valence-corrected chi connectivity index (χ0v) is 11.2. The molecule has 3 aromatic rings. The van der Waals surface area contributed by atoms with Crippen molar-refractivity contribution >= 4 is 11.2 Å². The second-order valence-corrected chi connectivity index (χ2v) is 5.38. The summed E-state index contributed by atoms with van der Waals surface area (Å²) in [7, 11) is 0. The van der Waals surface area contributed by atoms with Gasteiger partial charge >= 0.3 is 0 Å². The summed E-state index contributed by atoms with van der Waals surface area (Å²) in [6.45, 7) is 2.00. The van der Waals surface area contributed by atoms with Crippen molar-refractivity contribution in [3.05, 3.63) is 42.1 Å². The van der Waals surface area contributed by atoms with E-state index in [1.165, 1.54) is 12.8 Å². The normalized spacial score (nSPS) is 14.8. The minimum Gasteiger partial charge on any atom is -0.508 e. The van der Waals surface area contributed by atoms with Crippen molar-refractivity contribution in [1.82, 2.24) is 14.5 Å². The number of phenols is 1. The van der Waals surface area contributed by atoms with Gasteiger partial charge < -0.3 is 9.67 Å². The number of benzene rings is 1. The number of hydrogen-bond donors (Lipinski definition) is 1. The Bertz CT molecular complexity index is 803. The van der Waals surface area contributed by atoms with Crippen molar-refractivity contribution in [3.63, 3.8) is 0 Å². The summed E-state index contributed by atoms with van der Waals surface area (Å²) in [5, 5.41) is 9.58. The maximum atomic E-state index is 9.58. The zero-order valence-electron chi connectivity index (χ0n) is 11.2. The van der Waals surface area contributed by atoms with E-state index in [4.69, 9.17) is 4.98 Å². The SMILES string of the molecule is Cc1cc(O)ccc1-c1nc2cccnc2n1C1CC1. The molecule has 0 atom stereocenters. The van der Waals surface area contributed by atoms with Gasteiger partial charge in [-0.3, -0.25) is 0 Å². The molecule has 0 radical (unpaired) electrons. The first-order valence-corrected chi connectivity index (χ1v) is 6.87. The Morgan fingerprint density at radius 3 is 2.85 bits per heavy atom. The molecular weight excluding hydrogens is 250 g/mol. The van der Waals surface area contributed by atoms with Gasteiger partial charge in [0, 0.05) is 17.8 Å². The highest BCUT2D eigenvalue weighted by Gasteiger charge is 2.29. The molecule has 0 unspecified atom stereocenters. The molecule has 4 heteroatoms. The standard InChI is InChI=1S/C16H15N3O/c1-10-9-12(20)6-7-13(10)15-18-14-3-2-8-17-16(14)19(15)11-4-5-11/h2-3,6-9,11,20H,4-5H2,1H3. The Morgan fingerprint density at radius 1 is 1.25 bits per heavy atom. The van der Waals surface area contributed by atoms with Gasteiger partial charge in [0.1, 0.15) is 17.1 Å². The lowest BCUT2D eigenvalue weighted by atomic mass is 10.1. The summed E-state index contributed by atoms with van der Waals surface area (Å²) in [5.41, 5.74) is 3.98. The lowest BCUT2D eigenvalue weighted by molar-refractivity contribution is 0.475. The molecule has 0 aliphatic heterocycles. The van der Waals surface area contributed by atoms with E-state index >= 15 is 0 Å². The van der Waals surface area contributed by atoms with Crippen molar-refractivity contribution < 1.29 is 5.11 Å². The molecule has 1 N–H and O–H groups in total. The van der Waals surface area contributed by atoms with Crippen molar-refractivity contribution in [1.29, 1.82) is 0 Å². The van der Waals surface area contributed by atoms with Crippen LogP contribution in [-0.4, -0.2) is 19.6 Å². The van der Waals surface area contributed by atoms with Crippen LogP contribution in [0.4, 0.5) is 0 Å². The molecule has 2 heterocycles. The molecule has 0 bridgehead atoms. The average Bonchev–Trinajstić information content (AvgIpc) is 3.19. The van der Waals surface area contributed by atoms with Crippen LogP contribution in [0.3, 0.4) is 0 Å². The number of nitrogens with zero attached hydrogens (tertiary/aromatic N) is 3. The molecule has 1 aliphatic carbocycles. The van der Waals surface area contributed by atoms with E-state index in [0.717, 1.165) is 28.1 Å². The van der Waals surface area contributed by atoms with Crippen LogP contribution in [0, 0.1) is 6.92 Å². The van der Waals surface area contributed by atoms with Gasteiger partial charge in [-0.05, 0) is 55.7 Å². The van der Waals surface area contributed by atoms with Crippen molar-refractivity contribution in [2.24, 2.45) is 0 Å². The topological polar surface area (TPSA) is 50.9 Å². The molecule has 0 amide bonds. The van der Waals surface area contributed by atoms with Gasteiger partial charge in [0.2, 0.25) is 0 Å². The van der Waals surface area contributed by atoms with Gasteiger partial charge in [-0.1, -0.05) is 0 Å². The third kappa shape index (κ3) is 1.68. The number of fused-ring (bicyclic) bond motifs is 1. The molecule has 4 rings (SSSR count). The lowest BCUT2D eigenvalue weighted by Crippen LogP contribution is -1.99. The van der Waals surface area contributed by atoms with E-state index in [-0.39, 0.29) is 0 Å². The molecule has 1 aliphatic rings. The summed E-state index contributed by atoms with van der Waals surface area (Å²) in [4.78, 5) is 9.24. The molecule has 0 saturated heterocycles. The number of aromatic nitrogens is 3. The minimum absolute atomic E-state index is 0.290. The van der Waals surface area contributed by atoms with E-state index in [9.17, 15) is 5.11 Å². The van der Waals surface area contributed by atoms with E-state index in [1.807, 2.05) is 31.3 Å². The summed E-state index contributed by atoms with van der Waals surface area (Å²) in [6.07, 6.45) is 4.19. The molecule has 1 fully saturated rings. The van der Waals surface area contributed by atoms with Crippen LogP contribution in [0.5, 0.6) is 5.75 Å². The van der Waals surface area contributed by atoms with E-state index in [1.54, 1.807) is 12.1 Å². The predicted molar refractivity (Wildman–Crippen MR) is 77.6 cm³/mol. The maximum absolute atomic E-state index is 9.58. The van der Waals surface area contributed by atoms with Crippen LogP contribution in [0.25, 0.3) is 22.6 Å². The summed E-state index contributed by atoms with van der Waals surface area (Å²) >= 11 is 0. The minimum atomic E-state index is 0.290. The van der Waals surface area contributed by atoms with E-state index in [2.05, 4.69) is 9.55 Å². The van der Waals surface area contributed by atoms with Gasteiger partial charge in [-0.25, -0.2) is 9.97 Å². The fourth-order valence-corrected chi connectivity index (χ4v) is 2.70. The largest absolute Gasteiger partial charge is 0.508 e. The maximum Gasteiger partial charge on any atom is 0.160 e. The number of aryl methyl sites for hydroxylation is 1. The fraction of sp³-hybridized carbons (Fsp3) is 0.250. The van der Waals surface area contributed by atoms with Crippen LogP contribution < -0.4 is 0 Å². The van der Waals surface area contributed by atoms with Gasteiger partial charge in [-0.2, -0.15) is 0 Å². The average molecular weight is 265 g/mol. The second-order valence-electron chi connectivity index (χ2n) is 5.38. The third-order valence-corrected chi connectivity index (χ3v) is 3.81. The molecule has 20 heavy (non-hydrogen) atoms. The van der Waals surface area contributed by atoms with Gasteiger partial charge in [-0.15, -0.1) is 0 Å². The van der Waals surface area contributed by atoms with Gasteiger partial charge in [0.15, 0.2) is 5.65 Å². The van der Waals surface area contributed by atoms with Gasteiger partial charge in [0.25, 0.3) is 0 Å². The smallest absolute Gasteiger partial charge is 0.160 e. The Labute approximate surface area is 116 Å². The lowest BCUT2D eigenvalue weighted by Gasteiger charge is -2.09. The fourth-order valence-electron chi connectivity index (χ4n) is 2.70. The van der Waals surface area contributed by atoms with Crippen LogP contribution in [-0.2, 0) is 0 Å². The quantitative estimate of drug-likeness (QED) is 0.772.